The Hall–Kier alpha value is -3.65. The lowest BCUT2D eigenvalue weighted by molar-refractivity contribution is 0.0669. The molecule has 0 unspecified atom stereocenters. The van der Waals surface area contributed by atoms with Crippen LogP contribution in [0.1, 0.15) is 50.7 Å². The minimum Gasteiger partial charge on any atom is -0.383 e. The maximum absolute atomic E-state index is 12.4. The van der Waals surface area contributed by atoms with Gasteiger partial charge in [0.15, 0.2) is 0 Å². The number of amides is 2. The Morgan fingerprint density at radius 1 is 1.12 bits per heavy atom. The van der Waals surface area contributed by atoms with E-state index in [-0.39, 0.29) is 23.3 Å². The number of ether oxygens (including phenoxy) is 1. The number of carbonyl (C=O) groups excluding carboxylic acids is 2. The molecule has 1 fully saturated rings. The van der Waals surface area contributed by atoms with Gasteiger partial charge < -0.3 is 21.5 Å². The number of aromatic nitrogens is 2. The van der Waals surface area contributed by atoms with Crippen LogP contribution < -0.4 is 16.8 Å². The van der Waals surface area contributed by atoms with Gasteiger partial charge in [-0.3, -0.25) is 9.59 Å². The van der Waals surface area contributed by atoms with Crippen molar-refractivity contribution in [3.05, 3.63) is 70.8 Å². The molecule has 4 rings (SSSR count). The van der Waals surface area contributed by atoms with Crippen molar-refractivity contribution >= 4 is 17.6 Å². The maximum Gasteiger partial charge on any atom is 0.254 e. The number of rotatable bonds is 6. The average molecular weight is 434 g/mol. The molecule has 1 saturated heterocycles. The van der Waals surface area contributed by atoms with E-state index >= 15 is 0 Å². The van der Waals surface area contributed by atoms with Crippen molar-refractivity contribution in [2.24, 2.45) is 5.73 Å². The highest BCUT2D eigenvalue weighted by Gasteiger charge is 2.26. The predicted octanol–water partition coefficient (Wildman–Crippen LogP) is 2.82. The Morgan fingerprint density at radius 3 is 2.47 bits per heavy atom. The van der Waals surface area contributed by atoms with Crippen molar-refractivity contribution in [1.29, 1.82) is 0 Å². The number of nitrogens with one attached hydrogen (secondary N) is 1. The summed E-state index contributed by atoms with van der Waals surface area (Å²) in [6.45, 7) is 3.56. The average Bonchev–Trinajstić information content (AvgIpc) is 3.16. The van der Waals surface area contributed by atoms with Crippen LogP contribution in [0.25, 0.3) is 11.3 Å². The number of aryl methyl sites for hydroxylation is 1. The van der Waals surface area contributed by atoms with Crippen molar-refractivity contribution in [2.45, 2.75) is 32.4 Å². The zero-order valence-electron chi connectivity index (χ0n) is 18.0. The molecule has 2 amide bonds. The molecule has 2 aromatic carbocycles. The molecule has 0 atom stereocenters. The minimum atomic E-state index is -0.606. The van der Waals surface area contributed by atoms with E-state index in [0.29, 0.717) is 31.0 Å². The summed E-state index contributed by atoms with van der Waals surface area (Å²) in [6.07, 6.45) is 1.56. The molecule has 0 bridgehead atoms. The van der Waals surface area contributed by atoms with Crippen LogP contribution in [0.3, 0.4) is 0 Å². The topological polar surface area (TPSA) is 125 Å². The normalized spacial score (nSPS) is 14.3. The smallest absolute Gasteiger partial charge is 0.254 e. The lowest BCUT2D eigenvalue weighted by Gasteiger charge is -2.23. The van der Waals surface area contributed by atoms with Gasteiger partial charge in [0, 0.05) is 30.9 Å². The van der Waals surface area contributed by atoms with Crippen LogP contribution in [0.2, 0.25) is 0 Å². The fraction of sp³-hybridized carbons (Fsp3) is 0.292. The second-order valence-electron chi connectivity index (χ2n) is 7.96. The number of nitrogen functional groups attached to an aromatic ring is 1. The van der Waals surface area contributed by atoms with Crippen LogP contribution >= 0.6 is 0 Å². The number of hydrogen-bond acceptors (Lipinski definition) is 5. The summed E-state index contributed by atoms with van der Waals surface area (Å²) >= 11 is 0. The van der Waals surface area contributed by atoms with Crippen molar-refractivity contribution in [1.82, 2.24) is 15.1 Å². The molecule has 1 aliphatic rings. The number of carbonyl (C=O) groups is 2. The Bertz CT molecular complexity index is 1130. The zero-order valence-corrected chi connectivity index (χ0v) is 18.0. The maximum atomic E-state index is 12.4. The first-order chi connectivity index (χ1) is 15.5. The van der Waals surface area contributed by atoms with E-state index in [2.05, 4.69) is 10.4 Å². The van der Waals surface area contributed by atoms with Gasteiger partial charge in [0.1, 0.15) is 17.1 Å². The number of nitrogens with zero attached hydrogens (tertiary/aromatic N) is 2. The number of anilines is 1. The second-order valence-corrected chi connectivity index (χ2v) is 7.96. The second kappa shape index (κ2) is 9.23. The van der Waals surface area contributed by atoms with Crippen molar-refractivity contribution in [3.8, 4) is 11.3 Å². The predicted molar refractivity (Wildman–Crippen MR) is 122 cm³/mol. The van der Waals surface area contributed by atoms with Crippen LogP contribution in [-0.2, 0) is 11.3 Å². The van der Waals surface area contributed by atoms with Crippen LogP contribution in [0.4, 0.5) is 5.82 Å². The van der Waals surface area contributed by atoms with E-state index in [1.807, 2.05) is 49.4 Å². The van der Waals surface area contributed by atoms with Gasteiger partial charge in [-0.25, -0.2) is 4.68 Å². The molecule has 8 heteroatoms. The zero-order chi connectivity index (χ0) is 22.7. The number of nitrogens with two attached hydrogens (primary N) is 2. The molecule has 2 heterocycles. The Kier molecular flexibility index (Phi) is 6.23. The number of benzene rings is 2. The Labute approximate surface area is 186 Å². The van der Waals surface area contributed by atoms with Crippen molar-refractivity contribution in [2.75, 3.05) is 18.9 Å². The summed E-state index contributed by atoms with van der Waals surface area (Å²) in [5.41, 5.74) is 15.8. The van der Waals surface area contributed by atoms with Crippen molar-refractivity contribution in [3.63, 3.8) is 0 Å². The van der Waals surface area contributed by atoms with Crippen LogP contribution in [0.5, 0.6) is 0 Å². The lowest BCUT2D eigenvalue weighted by atomic mass is 10.0. The van der Waals surface area contributed by atoms with E-state index in [4.69, 9.17) is 16.2 Å². The molecule has 0 saturated carbocycles. The van der Waals surface area contributed by atoms with E-state index in [1.165, 1.54) is 0 Å². The molecule has 0 aliphatic carbocycles. The lowest BCUT2D eigenvalue weighted by Crippen LogP contribution is -2.23. The molecule has 3 aromatic rings. The third-order valence-electron chi connectivity index (χ3n) is 5.80. The standard InChI is InChI=1S/C24H27N5O3/c1-15-4-2-3-5-19(15)24(31)27-14-16-6-8-17(9-7-16)21-20(23(26)30)22(25)29(28-21)18-10-12-32-13-11-18/h2-9,18H,10-14,25H2,1H3,(H2,26,30)(H,27,31). The molecule has 1 aliphatic heterocycles. The van der Waals surface area contributed by atoms with E-state index < -0.39 is 5.91 Å². The van der Waals surface area contributed by atoms with Gasteiger partial charge in [0.25, 0.3) is 11.8 Å². The van der Waals surface area contributed by atoms with E-state index in [0.717, 1.165) is 29.5 Å². The van der Waals surface area contributed by atoms with Gasteiger partial charge in [0.2, 0.25) is 0 Å². The quantitative estimate of drug-likeness (QED) is 0.551. The largest absolute Gasteiger partial charge is 0.383 e. The molecular formula is C24H27N5O3. The summed E-state index contributed by atoms with van der Waals surface area (Å²) in [4.78, 5) is 24.6. The van der Waals surface area contributed by atoms with Crippen LogP contribution in [0, 0.1) is 6.92 Å². The van der Waals surface area contributed by atoms with E-state index in [1.54, 1.807) is 10.7 Å². The first-order valence-electron chi connectivity index (χ1n) is 10.6. The highest BCUT2D eigenvalue weighted by Crippen LogP contribution is 2.32. The van der Waals surface area contributed by atoms with Crippen LogP contribution in [0.15, 0.2) is 48.5 Å². The highest BCUT2D eigenvalue weighted by atomic mass is 16.5. The molecule has 32 heavy (non-hydrogen) atoms. The third-order valence-corrected chi connectivity index (χ3v) is 5.80. The highest BCUT2D eigenvalue weighted by molar-refractivity contribution is 6.03. The fourth-order valence-electron chi connectivity index (χ4n) is 3.99. The summed E-state index contributed by atoms with van der Waals surface area (Å²) in [5.74, 6) is -0.439. The first-order valence-corrected chi connectivity index (χ1v) is 10.6. The molecule has 0 radical (unpaired) electrons. The van der Waals surface area contributed by atoms with Gasteiger partial charge in [-0.15, -0.1) is 0 Å². The fourth-order valence-corrected chi connectivity index (χ4v) is 3.99. The monoisotopic (exact) mass is 433 g/mol. The molecule has 0 spiro atoms. The SMILES string of the molecule is Cc1ccccc1C(=O)NCc1ccc(-c2nn(C3CCOCC3)c(N)c2C(N)=O)cc1. The third kappa shape index (κ3) is 4.36. The van der Waals surface area contributed by atoms with Gasteiger partial charge in [-0.2, -0.15) is 5.10 Å². The minimum absolute atomic E-state index is 0.0755. The summed E-state index contributed by atoms with van der Waals surface area (Å²) in [5, 5.41) is 7.58. The summed E-state index contributed by atoms with van der Waals surface area (Å²) in [7, 11) is 0. The summed E-state index contributed by atoms with van der Waals surface area (Å²) in [6, 6.07) is 15.0. The van der Waals surface area contributed by atoms with Gasteiger partial charge in [-0.1, -0.05) is 42.5 Å². The number of hydrogen-bond donors (Lipinski definition) is 3. The van der Waals surface area contributed by atoms with Gasteiger partial charge in [-0.05, 0) is 37.0 Å². The molecule has 166 valence electrons. The Balaban J connectivity index is 1.53. The number of primary amides is 1. The van der Waals surface area contributed by atoms with E-state index in [9.17, 15) is 9.59 Å². The Morgan fingerprint density at radius 2 is 1.81 bits per heavy atom. The van der Waals surface area contributed by atoms with Gasteiger partial charge >= 0.3 is 0 Å². The molecule has 1 aromatic heterocycles. The molecular weight excluding hydrogens is 406 g/mol. The molecule has 5 N–H and O–H groups in total. The van der Waals surface area contributed by atoms with Crippen LogP contribution in [-0.4, -0.2) is 34.8 Å². The molecule has 8 nitrogen and oxygen atoms in total. The summed E-state index contributed by atoms with van der Waals surface area (Å²) < 4.78 is 7.12. The van der Waals surface area contributed by atoms with Crippen molar-refractivity contribution < 1.29 is 14.3 Å². The first kappa shape index (κ1) is 21.6. The van der Waals surface area contributed by atoms with Gasteiger partial charge in [0.05, 0.1) is 6.04 Å².